The lowest BCUT2D eigenvalue weighted by atomic mass is 10.1. The minimum absolute atomic E-state index is 0.851. The average molecular weight is 435 g/mol. The minimum Gasteiger partial charge on any atom is -0.496 e. The molecule has 0 aliphatic heterocycles. The zero-order chi connectivity index (χ0) is 22.8. The number of anilines is 4. The van der Waals surface area contributed by atoms with E-state index in [1.807, 2.05) is 24.3 Å². The van der Waals surface area contributed by atoms with E-state index in [0.29, 0.717) is 0 Å². The van der Waals surface area contributed by atoms with E-state index in [-0.39, 0.29) is 0 Å². The van der Waals surface area contributed by atoms with Crippen LogP contribution < -0.4 is 20.1 Å². The summed E-state index contributed by atoms with van der Waals surface area (Å²) in [5, 5.41) is 11.6. The Bertz CT molecular complexity index is 1340. The third-order valence-electron chi connectivity index (χ3n) is 5.81. The van der Waals surface area contributed by atoms with Crippen LogP contribution in [0.3, 0.4) is 0 Å². The van der Waals surface area contributed by atoms with Crippen LogP contribution in [0.2, 0.25) is 0 Å². The Hall–Kier alpha value is -4.18. The SMILES string of the molecule is COc1cccc2cccc(Nc3cc(C)cc(Nc4cccc5cccc(OC)c45)c3)c12. The van der Waals surface area contributed by atoms with Crippen molar-refractivity contribution in [2.24, 2.45) is 0 Å². The van der Waals surface area contributed by atoms with Crippen molar-refractivity contribution in [3.8, 4) is 11.5 Å². The third kappa shape index (κ3) is 4.03. The molecule has 0 aliphatic rings. The summed E-state index contributed by atoms with van der Waals surface area (Å²) < 4.78 is 11.3. The molecule has 0 spiro atoms. The van der Waals surface area contributed by atoms with E-state index in [2.05, 4.69) is 84.3 Å². The molecule has 33 heavy (non-hydrogen) atoms. The predicted octanol–water partition coefficient (Wildman–Crippen LogP) is 7.81. The Kier molecular flexibility index (Phi) is 5.49. The lowest BCUT2D eigenvalue weighted by molar-refractivity contribution is 0.420. The van der Waals surface area contributed by atoms with Gasteiger partial charge in [-0.2, -0.15) is 0 Å². The summed E-state index contributed by atoms with van der Waals surface area (Å²) in [5.74, 6) is 1.70. The molecule has 2 N–H and O–H groups in total. The maximum Gasteiger partial charge on any atom is 0.128 e. The molecule has 0 atom stereocenters. The second kappa shape index (κ2) is 8.75. The van der Waals surface area contributed by atoms with Gasteiger partial charge in [-0.1, -0.05) is 48.5 Å². The zero-order valence-electron chi connectivity index (χ0n) is 19.0. The van der Waals surface area contributed by atoms with Crippen LogP contribution in [0.15, 0.2) is 91.0 Å². The third-order valence-corrected chi connectivity index (χ3v) is 5.81. The molecule has 5 aromatic carbocycles. The zero-order valence-corrected chi connectivity index (χ0v) is 19.0. The molecule has 0 amide bonds. The number of fused-ring (bicyclic) bond motifs is 2. The number of nitrogens with one attached hydrogen (secondary N) is 2. The molecule has 164 valence electrons. The summed E-state index contributed by atoms with van der Waals surface area (Å²) >= 11 is 0. The van der Waals surface area contributed by atoms with Crippen molar-refractivity contribution in [2.45, 2.75) is 6.92 Å². The molecule has 4 heteroatoms. The van der Waals surface area contributed by atoms with Gasteiger partial charge in [0.15, 0.2) is 0 Å². The number of rotatable bonds is 6. The molecule has 5 rings (SSSR count). The molecule has 0 saturated carbocycles. The van der Waals surface area contributed by atoms with Gasteiger partial charge in [-0.3, -0.25) is 0 Å². The van der Waals surface area contributed by atoms with E-state index in [4.69, 9.17) is 9.47 Å². The first-order valence-corrected chi connectivity index (χ1v) is 10.9. The Balaban J connectivity index is 1.54. The van der Waals surface area contributed by atoms with E-state index < -0.39 is 0 Å². The average Bonchev–Trinajstić information content (AvgIpc) is 2.83. The van der Waals surface area contributed by atoms with Gasteiger partial charge in [0.2, 0.25) is 0 Å². The van der Waals surface area contributed by atoms with E-state index in [9.17, 15) is 0 Å². The molecule has 0 heterocycles. The lowest BCUT2D eigenvalue weighted by Gasteiger charge is -2.16. The van der Waals surface area contributed by atoms with Crippen molar-refractivity contribution in [1.29, 1.82) is 0 Å². The smallest absolute Gasteiger partial charge is 0.128 e. The molecule has 0 unspecified atom stereocenters. The fraction of sp³-hybridized carbons (Fsp3) is 0.103. The number of methoxy groups -OCH3 is 2. The summed E-state index contributed by atoms with van der Waals surface area (Å²) in [6, 6.07) is 31.1. The number of benzene rings is 5. The number of aryl methyl sites for hydroxylation is 1. The van der Waals surface area contributed by atoms with Gasteiger partial charge in [0.1, 0.15) is 11.5 Å². The van der Waals surface area contributed by atoms with Crippen molar-refractivity contribution >= 4 is 44.3 Å². The van der Waals surface area contributed by atoms with E-state index in [1.165, 1.54) is 0 Å². The van der Waals surface area contributed by atoms with E-state index in [0.717, 1.165) is 61.4 Å². The molecule has 5 aromatic rings. The van der Waals surface area contributed by atoms with Crippen LogP contribution in [0.4, 0.5) is 22.7 Å². The molecule has 4 nitrogen and oxygen atoms in total. The van der Waals surface area contributed by atoms with Crippen LogP contribution in [0, 0.1) is 6.92 Å². The Labute approximate surface area is 193 Å². The molecule has 0 aromatic heterocycles. The van der Waals surface area contributed by atoms with Crippen LogP contribution in [0.25, 0.3) is 21.5 Å². The second-order valence-electron chi connectivity index (χ2n) is 8.07. The fourth-order valence-corrected chi connectivity index (χ4v) is 4.40. The Morgan fingerprint density at radius 3 is 1.39 bits per heavy atom. The van der Waals surface area contributed by atoms with Gasteiger partial charge in [-0.05, 0) is 65.7 Å². The van der Waals surface area contributed by atoms with Gasteiger partial charge < -0.3 is 20.1 Å². The Morgan fingerprint density at radius 1 is 0.545 bits per heavy atom. The molecule has 0 fully saturated rings. The van der Waals surface area contributed by atoms with Crippen molar-refractivity contribution in [3.05, 3.63) is 96.6 Å². The van der Waals surface area contributed by atoms with E-state index >= 15 is 0 Å². The first-order valence-electron chi connectivity index (χ1n) is 10.9. The summed E-state index contributed by atoms with van der Waals surface area (Å²) in [4.78, 5) is 0. The van der Waals surface area contributed by atoms with Crippen LogP contribution in [-0.2, 0) is 0 Å². The summed E-state index contributed by atoms with van der Waals surface area (Å²) in [6.45, 7) is 2.10. The van der Waals surface area contributed by atoms with Crippen molar-refractivity contribution in [3.63, 3.8) is 0 Å². The highest BCUT2D eigenvalue weighted by atomic mass is 16.5. The maximum atomic E-state index is 5.63. The molecule has 0 bridgehead atoms. The highest BCUT2D eigenvalue weighted by Crippen LogP contribution is 2.37. The monoisotopic (exact) mass is 434 g/mol. The summed E-state index contributed by atoms with van der Waals surface area (Å²) in [7, 11) is 3.41. The number of hydrogen-bond donors (Lipinski definition) is 2. The highest BCUT2D eigenvalue weighted by molar-refractivity contribution is 6.01. The van der Waals surface area contributed by atoms with E-state index in [1.54, 1.807) is 14.2 Å². The topological polar surface area (TPSA) is 42.5 Å². The number of ether oxygens (including phenoxy) is 2. The maximum absolute atomic E-state index is 5.63. The second-order valence-corrected chi connectivity index (χ2v) is 8.07. The largest absolute Gasteiger partial charge is 0.496 e. The van der Waals surface area contributed by atoms with Crippen LogP contribution >= 0.6 is 0 Å². The van der Waals surface area contributed by atoms with Gasteiger partial charge in [0, 0.05) is 22.1 Å². The Morgan fingerprint density at radius 2 is 0.970 bits per heavy atom. The normalized spacial score (nSPS) is 10.9. The molecule has 0 radical (unpaired) electrons. The number of hydrogen-bond acceptors (Lipinski definition) is 4. The quantitative estimate of drug-likeness (QED) is 0.286. The van der Waals surface area contributed by atoms with Crippen LogP contribution in [-0.4, -0.2) is 14.2 Å². The fourth-order valence-electron chi connectivity index (χ4n) is 4.40. The van der Waals surface area contributed by atoms with Gasteiger partial charge in [-0.25, -0.2) is 0 Å². The minimum atomic E-state index is 0.851. The molecular formula is C29H26N2O2. The van der Waals surface area contributed by atoms with Gasteiger partial charge >= 0.3 is 0 Å². The van der Waals surface area contributed by atoms with Gasteiger partial charge in [0.05, 0.1) is 25.6 Å². The van der Waals surface area contributed by atoms with Crippen LogP contribution in [0.1, 0.15) is 5.56 Å². The summed E-state index contributed by atoms with van der Waals surface area (Å²) in [6.07, 6.45) is 0. The highest BCUT2D eigenvalue weighted by Gasteiger charge is 2.10. The molecule has 0 aliphatic carbocycles. The lowest BCUT2D eigenvalue weighted by Crippen LogP contribution is -1.97. The standard InChI is InChI=1S/C29H26N2O2/c1-19-16-22(30-24-12-4-8-20-10-6-14-26(32-2)28(20)24)18-23(17-19)31-25-13-5-9-21-11-7-15-27(33-3)29(21)25/h4-18,30-31H,1-3H3. The summed E-state index contributed by atoms with van der Waals surface area (Å²) in [5.41, 5.74) is 5.18. The van der Waals surface area contributed by atoms with Crippen molar-refractivity contribution < 1.29 is 9.47 Å². The van der Waals surface area contributed by atoms with Gasteiger partial charge in [0.25, 0.3) is 0 Å². The van der Waals surface area contributed by atoms with Crippen molar-refractivity contribution in [2.75, 3.05) is 24.9 Å². The predicted molar refractivity (Wildman–Crippen MR) is 139 cm³/mol. The first kappa shape index (κ1) is 20.7. The molecular weight excluding hydrogens is 408 g/mol. The van der Waals surface area contributed by atoms with Crippen molar-refractivity contribution in [1.82, 2.24) is 0 Å². The van der Waals surface area contributed by atoms with Crippen LogP contribution in [0.5, 0.6) is 11.5 Å². The van der Waals surface area contributed by atoms with Gasteiger partial charge in [-0.15, -0.1) is 0 Å². The first-order chi connectivity index (χ1) is 16.2. The molecule has 0 saturated heterocycles.